The molecule has 0 aliphatic carbocycles. The molecule has 0 radical (unpaired) electrons. The minimum atomic E-state index is 0.0532. The van der Waals surface area contributed by atoms with Crippen LogP contribution in [0.25, 0.3) is 0 Å². The number of nitrogen functional groups attached to an aromatic ring is 3. The number of aliphatic hydroxyl groups is 1. The summed E-state index contributed by atoms with van der Waals surface area (Å²) in [5, 5.41) is 9.15. The summed E-state index contributed by atoms with van der Waals surface area (Å²) in [4.78, 5) is 0. The minimum absolute atomic E-state index is 0.0532. The van der Waals surface area contributed by atoms with Crippen molar-refractivity contribution in [2.75, 3.05) is 23.8 Å². The van der Waals surface area contributed by atoms with Gasteiger partial charge in [-0.15, -0.1) is 0 Å². The van der Waals surface area contributed by atoms with Gasteiger partial charge in [0.25, 0.3) is 0 Å². The molecule has 4 heteroatoms. The van der Waals surface area contributed by atoms with E-state index in [4.69, 9.17) is 22.3 Å². The van der Waals surface area contributed by atoms with Crippen LogP contribution in [-0.4, -0.2) is 11.7 Å². The van der Waals surface area contributed by atoms with Crippen LogP contribution in [0.1, 0.15) is 16.7 Å². The fourth-order valence-electron chi connectivity index (χ4n) is 2.25. The molecule has 0 spiro atoms. The first kappa shape index (κ1) is 13.2. The van der Waals surface area contributed by atoms with E-state index < -0.39 is 0 Å². The summed E-state index contributed by atoms with van der Waals surface area (Å²) in [6.45, 7) is 0.0532. The molecule has 0 unspecified atom stereocenters. The largest absolute Gasteiger partial charge is 0.399 e. The summed E-state index contributed by atoms with van der Waals surface area (Å²) in [6.07, 6.45) is 1.17. The Kier molecular flexibility index (Phi) is 3.92. The maximum atomic E-state index is 9.15. The molecule has 2 rings (SSSR count). The zero-order chi connectivity index (χ0) is 13.8. The smallest absolute Gasteiger partial charge is 0.0472 e. The Morgan fingerprint density at radius 1 is 0.895 bits per heavy atom. The van der Waals surface area contributed by atoms with Gasteiger partial charge in [-0.05, 0) is 53.8 Å². The van der Waals surface area contributed by atoms with Crippen LogP contribution in [0.5, 0.6) is 0 Å². The molecule has 2 aromatic rings. The summed E-state index contributed by atoms with van der Waals surface area (Å²) in [6, 6.07) is 11.3. The minimum Gasteiger partial charge on any atom is -0.399 e. The molecule has 0 bridgehead atoms. The molecular weight excluding hydrogens is 238 g/mol. The fourth-order valence-corrected chi connectivity index (χ4v) is 2.25. The Labute approximate surface area is 112 Å². The lowest BCUT2D eigenvalue weighted by Crippen LogP contribution is -2.07. The molecule has 0 saturated heterocycles. The third-order valence-corrected chi connectivity index (χ3v) is 3.20. The quantitative estimate of drug-likeness (QED) is 0.625. The molecule has 2 aromatic carbocycles. The van der Waals surface area contributed by atoms with Crippen molar-refractivity contribution in [2.24, 2.45) is 0 Å². The van der Waals surface area contributed by atoms with Crippen LogP contribution in [-0.2, 0) is 12.8 Å². The third-order valence-electron chi connectivity index (χ3n) is 3.20. The van der Waals surface area contributed by atoms with E-state index in [1.54, 1.807) is 12.1 Å². The lowest BCUT2D eigenvalue weighted by molar-refractivity contribution is 0.299. The van der Waals surface area contributed by atoms with Crippen molar-refractivity contribution in [1.29, 1.82) is 0 Å². The number of anilines is 3. The highest BCUT2D eigenvalue weighted by Crippen LogP contribution is 2.26. The topological polar surface area (TPSA) is 98.3 Å². The molecule has 0 aliphatic rings. The van der Waals surface area contributed by atoms with Gasteiger partial charge in [0.15, 0.2) is 0 Å². The van der Waals surface area contributed by atoms with Gasteiger partial charge in [-0.1, -0.05) is 12.1 Å². The molecule has 19 heavy (non-hydrogen) atoms. The number of benzene rings is 2. The van der Waals surface area contributed by atoms with Gasteiger partial charge in [-0.25, -0.2) is 0 Å². The van der Waals surface area contributed by atoms with Crippen molar-refractivity contribution < 1.29 is 5.11 Å². The van der Waals surface area contributed by atoms with Crippen LogP contribution in [0.2, 0.25) is 0 Å². The van der Waals surface area contributed by atoms with E-state index in [9.17, 15) is 0 Å². The molecule has 0 aromatic heterocycles. The van der Waals surface area contributed by atoms with Crippen molar-refractivity contribution in [1.82, 2.24) is 0 Å². The summed E-state index contributed by atoms with van der Waals surface area (Å²) in [5.41, 5.74) is 22.8. The zero-order valence-electron chi connectivity index (χ0n) is 10.8. The van der Waals surface area contributed by atoms with Gasteiger partial charge in [0.1, 0.15) is 0 Å². The van der Waals surface area contributed by atoms with E-state index in [1.165, 1.54) is 0 Å². The zero-order valence-corrected chi connectivity index (χ0v) is 10.8. The van der Waals surface area contributed by atoms with E-state index >= 15 is 0 Å². The number of hydrogen-bond donors (Lipinski definition) is 4. The second-order valence-electron chi connectivity index (χ2n) is 4.60. The van der Waals surface area contributed by atoms with Gasteiger partial charge in [-0.3, -0.25) is 0 Å². The highest BCUT2D eigenvalue weighted by Gasteiger charge is 2.10. The molecule has 0 fully saturated rings. The summed E-state index contributed by atoms with van der Waals surface area (Å²) in [7, 11) is 0. The fraction of sp³-hybridized carbons (Fsp3) is 0.200. The molecule has 4 nitrogen and oxygen atoms in total. The average Bonchev–Trinajstić information content (AvgIpc) is 2.38. The van der Waals surface area contributed by atoms with Crippen molar-refractivity contribution >= 4 is 17.1 Å². The Morgan fingerprint density at radius 2 is 1.58 bits per heavy atom. The maximum Gasteiger partial charge on any atom is 0.0472 e. The molecule has 0 aliphatic heterocycles. The number of nitrogens with two attached hydrogens (primary N) is 3. The van der Waals surface area contributed by atoms with Crippen molar-refractivity contribution in [3.8, 4) is 0 Å². The first-order chi connectivity index (χ1) is 9.11. The number of aliphatic hydroxyl groups excluding tert-OH is 1. The number of rotatable bonds is 4. The van der Waals surface area contributed by atoms with Gasteiger partial charge in [0.05, 0.1) is 0 Å². The van der Waals surface area contributed by atoms with Crippen molar-refractivity contribution in [3.63, 3.8) is 0 Å². The highest BCUT2D eigenvalue weighted by atomic mass is 16.2. The molecule has 0 amide bonds. The molecule has 0 heterocycles. The molecule has 7 N–H and O–H groups in total. The average molecular weight is 257 g/mol. The lowest BCUT2D eigenvalue weighted by Gasteiger charge is -2.14. The SMILES string of the molecule is Nc1cccc(Cc2c(N)ccc(N)c2CCO)c1. The Hall–Kier alpha value is -2.20. The highest BCUT2D eigenvalue weighted by molar-refractivity contribution is 5.63. The van der Waals surface area contributed by atoms with Crippen LogP contribution in [0, 0.1) is 0 Å². The van der Waals surface area contributed by atoms with Crippen LogP contribution in [0.3, 0.4) is 0 Å². The van der Waals surface area contributed by atoms with Gasteiger partial charge in [-0.2, -0.15) is 0 Å². The van der Waals surface area contributed by atoms with E-state index in [1.807, 2.05) is 24.3 Å². The second kappa shape index (κ2) is 5.63. The van der Waals surface area contributed by atoms with Crippen LogP contribution in [0.4, 0.5) is 17.1 Å². The molecule has 0 saturated carbocycles. The second-order valence-corrected chi connectivity index (χ2v) is 4.60. The molecule has 100 valence electrons. The first-order valence-electron chi connectivity index (χ1n) is 6.22. The Balaban J connectivity index is 2.41. The van der Waals surface area contributed by atoms with E-state index in [-0.39, 0.29) is 6.61 Å². The summed E-state index contributed by atoms with van der Waals surface area (Å²) in [5.74, 6) is 0. The van der Waals surface area contributed by atoms with Crippen LogP contribution >= 0.6 is 0 Å². The normalized spacial score (nSPS) is 10.6. The van der Waals surface area contributed by atoms with E-state index in [0.717, 1.165) is 22.4 Å². The maximum absolute atomic E-state index is 9.15. The van der Waals surface area contributed by atoms with Gasteiger partial charge in [0, 0.05) is 23.7 Å². The summed E-state index contributed by atoms with van der Waals surface area (Å²) < 4.78 is 0. The lowest BCUT2D eigenvalue weighted by atomic mass is 9.95. The van der Waals surface area contributed by atoms with Crippen molar-refractivity contribution in [2.45, 2.75) is 12.8 Å². The van der Waals surface area contributed by atoms with E-state index in [0.29, 0.717) is 24.2 Å². The van der Waals surface area contributed by atoms with E-state index in [2.05, 4.69) is 0 Å². The van der Waals surface area contributed by atoms with Crippen molar-refractivity contribution in [3.05, 3.63) is 53.1 Å². The number of hydrogen-bond acceptors (Lipinski definition) is 4. The van der Waals surface area contributed by atoms with Gasteiger partial charge in [0.2, 0.25) is 0 Å². The van der Waals surface area contributed by atoms with Crippen LogP contribution in [0.15, 0.2) is 36.4 Å². The Bertz CT molecular complexity index is 582. The Morgan fingerprint density at radius 3 is 2.21 bits per heavy atom. The molecule has 0 atom stereocenters. The monoisotopic (exact) mass is 257 g/mol. The van der Waals surface area contributed by atoms with Crippen LogP contribution < -0.4 is 17.2 Å². The molecular formula is C15H19N3O. The predicted molar refractivity (Wildman–Crippen MR) is 79.7 cm³/mol. The van der Waals surface area contributed by atoms with Gasteiger partial charge < -0.3 is 22.3 Å². The standard InChI is InChI=1S/C15H19N3O/c16-11-3-1-2-10(8-11)9-13-12(6-7-19)14(17)4-5-15(13)18/h1-5,8,19H,6-7,9,16-18H2. The third kappa shape index (κ3) is 2.98. The van der Waals surface area contributed by atoms with Gasteiger partial charge >= 0.3 is 0 Å². The first-order valence-corrected chi connectivity index (χ1v) is 6.22. The predicted octanol–water partition coefficient (Wildman–Crippen LogP) is 1.56. The summed E-state index contributed by atoms with van der Waals surface area (Å²) >= 11 is 0.